The minimum Gasteiger partial charge on any atom is -0.356 e. The highest BCUT2D eigenvalue weighted by Crippen LogP contribution is 2.24. The van der Waals surface area contributed by atoms with Crippen LogP contribution < -0.4 is 5.32 Å². The van der Waals surface area contributed by atoms with Crippen LogP contribution in [0.1, 0.15) is 6.92 Å². The fourth-order valence-electron chi connectivity index (χ4n) is 1.49. The molecule has 0 aliphatic rings. The van der Waals surface area contributed by atoms with Crippen molar-refractivity contribution in [2.24, 2.45) is 0 Å². The smallest absolute Gasteiger partial charge is 0.230 e. The van der Waals surface area contributed by atoms with Crippen molar-refractivity contribution in [3.05, 3.63) is 30.5 Å². The van der Waals surface area contributed by atoms with Gasteiger partial charge in [-0.2, -0.15) is 5.10 Å². The molecule has 0 radical (unpaired) electrons. The number of thioether (sulfide) groups is 1. The zero-order chi connectivity index (χ0) is 12.1. The van der Waals surface area contributed by atoms with Crippen LogP contribution in [0.5, 0.6) is 0 Å². The molecule has 1 N–H and O–H groups in total. The molecule has 0 saturated carbocycles. The molecule has 1 aromatic heterocycles. The Bertz CT molecular complexity index is 525. The maximum Gasteiger partial charge on any atom is 0.230 e. The lowest BCUT2D eigenvalue weighted by molar-refractivity contribution is -0.118. The minimum absolute atomic E-state index is 0.0206. The number of rotatable bonds is 4. The predicted octanol–water partition coefficient (Wildman–Crippen LogP) is 1.86. The molecule has 0 bridgehead atoms. The van der Waals surface area contributed by atoms with Crippen LogP contribution in [0, 0.1) is 0 Å². The van der Waals surface area contributed by atoms with E-state index in [-0.39, 0.29) is 5.91 Å². The number of fused-ring (bicyclic) bond motifs is 1. The molecule has 1 heterocycles. The first-order valence-corrected chi connectivity index (χ1v) is 6.39. The van der Waals surface area contributed by atoms with E-state index in [2.05, 4.69) is 15.5 Å². The molecule has 2 rings (SSSR count). The molecule has 2 aromatic rings. The number of amides is 1. The third-order valence-electron chi connectivity index (χ3n) is 2.25. The van der Waals surface area contributed by atoms with E-state index in [0.29, 0.717) is 12.3 Å². The second-order valence-corrected chi connectivity index (χ2v) is 4.44. The van der Waals surface area contributed by atoms with E-state index in [9.17, 15) is 4.79 Å². The Labute approximate surface area is 104 Å². The predicted molar refractivity (Wildman–Crippen MR) is 68.9 cm³/mol. The number of aromatic nitrogens is 2. The summed E-state index contributed by atoms with van der Waals surface area (Å²) < 4.78 is 0. The van der Waals surface area contributed by atoms with Gasteiger partial charge in [-0.15, -0.1) is 5.10 Å². The zero-order valence-corrected chi connectivity index (χ0v) is 10.3. The first kappa shape index (κ1) is 11.9. The molecule has 17 heavy (non-hydrogen) atoms. The third kappa shape index (κ3) is 2.94. The van der Waals surface area contributed by atoms with Gasteiger partial charge in [0.15, 0.2) is 0 Å². The van der Waals surface area contributed by atoms with Gasteiger partial charge in [-0.3, -0.25) is 4.79 Å². The molecule has 4 nitrogen and oxygen atoms in total. The van der Waals surface area contributed by atoms with Crippen LogP contribution in [0.15, 0.2) is 35.5 Å². The Morgan fingerprint density at radius 1 is 1.41 bits per heavy atom. The summed E-state index contributed by atoms with van der Waals surface area (Å²) in [7, 11) is 0. The van der Waals surface area contributed by atoms with Crippen molar-refractivity contribution < 1.29 is 4.79 Å². The quantitative estimate of drug-likeness (QED) is 0.838. The highest BCUT2D eigenvalue weighted by molar-refractivity contribution is 8.00. The fourth-order valence-corrected chi connectivity index (χ4v) is 2.31. The monoisotopic (exact) mass is 247 g/mol. The molecular formula is C12H13N3OS. The highest BCUT2D eigenvalue weighted by Gasteiger charge is 2.06. The lowest BCUT2D eigenvalue weighted by Crippen LogP contribution is -2.24. The van der Waals surface area contributed by atoms with Crippen molar-refractivity contribution >= 4 is 28.4 Å². The number of nitrogens with zero attached hydrogens (tertiary/aromatic N) is 2. The van der Waals surface area contributed by atoms with Gasteiger partial charge in [0.25, 0.3) is 0 Å². The first-order chi connectivity index (χ1) is 8.31. The number of hydrogen-bond acceptors (Lipinski definition) is 4. The van der Waals surface area contributed by atoms with Gasteiger partial charge in [0, 0.05) is 17.3 Å². The molecule has 1 aromatic carbocycles. The third-order valence-corrected chi connectivity index (χ3v) is 3.23. The molecule has 1 amide bonds. The zero-order valence-electron chi connectivity index (χ0n) is 9.51. The average molecular weight is 247 g/mol. The normalized spacial score (nSPS) is 10.4. The largest absolute Gasteiger partial charge is 0.356 e. The van der Waals surface area contributed by atoms with Gasteiger partial charge in [0.2, 0.25) is 5.91 Å². The summed E-state index contributed by atoms with van der Waals surface area (Å²) in [6.07, 6.45) is 1.73. The molecule has 0 saturated heterocycles. The molecule has 0 aliphatic carbocycles. The number of carbonyl (C=O) groups excluding carboxylic acids is 1. The summed E-state index contributed by atoms with van der Waals surface area (Å²) >= 11 is 1.41. The van der Waals surface area contributed by atoms with Gasteiger partial charge in [0.1, 0.15) is 5.03 Å². The summed E-state index contributed by atoms with van der Waals surface area (Å²) in [6.45, 7) is 2.56. The van der Waals surface area contributed by atoms with E-state index in [1.54, 1.807) is 6.20 Å². The van der Waals surface area contributed by atoms with Crippen LogP contribution >= 0.6 is 11.8 Å². The van der Waals surface area contributed by atoms with Crippen LogP contribution in [0.25, 0.3) is 10.8 Å². The summed E-state index contributed by atoms with van der Waals surface area (Å²) in [6, 6.07) is 7.90. The summed E-state index contributed by atoms with van der Waals surface area (Å²) in [4.78, 5) is 11.4. The molecule has 5 heteroatoms. The average Bonchev–Trinajstić information content (AvgIpc) is 2.36. The van der Waals surface area contributed by atoms with Crippen molar-refractivity contribution in [3.63, 3.8) is 0 Å². The number of hydrogen-bond donors (Lipinski definition) is 1. The van der Waals surface area contributed by atoms with Crippen molar-refractivity contribution in [3.8, 4) is 0 Å². The Kier molecular flexibility index (Phi) is 3.93. The first-order valence-electron chi connectivity index (χ1n) is 5.41. The summed E-state index contributed by atoms with van der Waals surface area (Å²) in [5.74, 6) is 0.392. The topological polar surface area (TPSA) is 54.9 Å². The second-order valence-electron chi connectivity index (χ2n) is 3.48. The van der Waals surface area contributed by atoms with Gasteiger partial charge >= 0.3 is 0 Å². The molecular weight excluding hydrogens is 234 g/mol. The maximum absolute atomic E-state index is 11.4. The molecule has 0 atom stereocenters. The molecule has 0 aliphatic heterocycles. The Balaban J connectivity index is 2.16. The van der Waals surface area contributed by atoms with Gasteiger partial charge in [-0.1, -0.05) is 36.0 Å². The van der Waals surface area contributed by atoms with Crippen molar-refractivity contribution in [1.82, 2.24) is 15.5 Å². The van der Waals surface area contributed by atoms with Gasteiger partial charge in [0.05, 0.1) is 11.9 Å². The number of nitrogens with one attached hydrogen (secondary N) is 1. The summed E-state index contributed by atoms with van der Waals surface area (Å²) in [5.41, 5.74) is 0. The Morgan fingerprint density at radius 3 is 3.06 bits per heavy atom. The number of carbonyl (C=O) groups is 1. The number of benzene rings is 1. The Hall–Kier alpha value is -1.62. The minimum atomic E-state index is 0.0206. The molecule has 88 valence electrons. The summed E-state index contributed by atoms with van der Waals surface area (Å²) in [5, 5.41) is 13.6. The van der Waals surface area contributed by atoms with Crippen molar-refractivity contribution in [2.75, 3.05) is 12.3 Å². The lowest BCUT2D eigenvalue weighted by Gasteiger charge is -2.04. The molecule has 0 fully saturated rings. The van der Waals surface area contributed by atoms with E-state index in [1.807, 2.05) is 31.2 Å². The van der Waals surface area contributed by atoms with Crippen LogP contribution in [0.4, 0.5) is 0 Å². The highest BCUT2D eigenvalue weighted by atomic mass is 32.2. The SMILES string of the molecule is CCNC(=O)CSc1nncc2ccccc12. The van der Waals surface area contributed by atoms with Crippen LogP contribution in [0.3, 0.4) is 0 Å². The van der Waals surface area contributed by atoms with E-state index < -0.39 is 0 Å². The molecule has 0 spiro atoms. The van der Waals surface area contributed by atoms with Gasteiger partial charge in [-0.25, -0.2) is 0 Å². The van der Waals surface area contributed by atoms with Crippen LogP contribution in [-0.2, 0) is 4.79 Å². The van der Waals surface area contributed by atoms with Gasteiger partial charge in [-0.05, 0) is 6.92 Å². The van der Waals surface area contributed by atoms with Crippen molar-refractivity contribution in [1.29, 1.82) is 0 Å². The van der Waals surface area contributed by atoms with Gasteiger partial charge < -0.3 is 5.32 Å². The fraction of sp³-hybridized carbons (Fsp3) is 0.250. The van der Waals surface area contributed by atoms with E-state index in [4.69, 9.17) is 0 Å². The van der Waals surface area contributed by atoms with E-state index in [0.717, 1.165) is 15.8 Å². The lowest BCUT2D eigenvalue weighted by atomic mass is 10.2. The Morgan fingerprint density at radius 2 is 2.24 bits per heavy atom. The van der Waals surface area contributed by atoms with Crippen molar-refractivity contribution in [2.45, 2.75) is 11.9 Å². The van der Waals surface area contributed by atoms with Crippen LogP contribution in [0.2, 0.25) is 0 Å². The second kappa shape index (κ2) is 5.63. The molecule has 0 unspecified atom stereocenters. The standard InChI is InChI=1S/C12H13N3OS/c1-2-13-11(16)8-17-12-10-6-4-3-5-9(10)7-14-15-12/h3-7H,2,8H2,1H3,(H,13,16). The van der Waals surface area contributed by atoms with E-state index in [1.165, 1.54) is 11.8 Å². The van der Waals surface area contributed by atoms with Crippen LogP contribution in [-0.4, -0.2) is 28.4 Å². The maximum atomic E-state index is 11.4. The van der Waals surface area contributed by atoms with E-state index >= 15 is 0 Å².